The summed E-state index contributed by atoms with van der Waals surface area (Å²) in [6, 6.07) is 10.4. The Kier molecular flexibility index (Phi) is 4.77. The van der Waals surface area contributed by atoms with Crippen LogP contribution in [0.25, 0.3) is 0 Å². The third-order valence-electron chi connectivity index (χ3n) is 2.99. The van der Waals surface area contributed by atoms with Gasteiger partial charge in [-0.25, -0.2) is 0 Å². The zero-order valence-corrected chi connectivity index (χ0v) is 11.7. The van der Waals surface area contributed by atoms with Crippen LogP contribution in [0.2, 0.25) is 0 Å². The van der Waals surface area contributed by atoms with Gasteiger partial charge in [0.1, 0.15) is 5.75 Å². The molecule has 1 N–H and O–H groups in total. The first-order valence-corrected chi connectivity index (χ1v) is 6.65. The van der Waals surface area contributed by atoms with Gasteiger partial charge in [0.2, 0.25) is 0 Å². The van der Waals surface area contributed by atoms with Crippen molar-refractivity contribution >= 4 is 5.69 Å². The fourth-order valence-corrected chi connectivity index (χ4v) is 1.95. The van der Waals surface area contributed by atoms with Gasteiger partial charge in [-0.3, -0.25) is 0 Å². The highest BCUT2D eigenvalue weighted by Gasteiger charge is 2.28. The summed E-state index contributed by atoms with van der Waals surface area (Å²) in [6.07, 6.45) is -2.31. The Labute approximate surface area is 121 Å². The zero-order valence-electron chi connectivity index (χ0n) is 11.7. The van der Waals surface area contributed by atoms with Crippen LogP contribution in [0.15, 0.2) is 42.6 Å². The number of benzene rings is 1. The maximum absolute atomic E-state index is 12.0. The summed E-state index contributed by atoms with van der Waals surface area (Å²) in [7, 11) is 0. The molecule has 0 radical (unpaired) electrons. The second kappa shape index (κ2) is 6.56. The SMILES string of the molecule is CCn1cccc1CNc1ccc(OCC(F)(F)F)cc1. The predicted molar refractivity (Wildman–Crippen MR) is 75.4 cm³/mol. The van der Waals surface area contributed by atoms with Gasteiger partial charge in [0, 0.05) is 24.1 Å². The number of ether oxygens (including phenoxy) is 1. The number of anilines is 1. The van der Waals surface area contributed by atoms with Crippen molar-refractivity contribution in [3.05, 3.63) is 48.3 Å². The monoisotopic (exact) mass is 298 g/mol. The van der Waals surface area contributed by atoms with Crippen LogP contribution in [0, 0.1) is 0 Å². The molecule has 0 bridgehead atoms. The average molecular weight is 298 g/mol. The summed E-state index contributed by atoms with van der Waals surface area (Å²) in [6.45, 7) is 2.35. The molecule has 0 saturated carbocycles. The van der Waals surface area contributed by atoms with E-state index in [1.807, 2.05) is 18.3 Å². The van der Waals surface area contributed by atoms with Gasteiger partial charge in [-0.2, -0.15) is 13.2 Å². The molecule has 0 saturated heterocycles. The van der Waals surface area contributed by atoms with Gasteiger partial charge in [-0.05, 0) is 43.3 Å². The third-order valence-corrected chi connectivity index (χ3v) is 2.99. The zero-order chi connectivity index (χ0) is 15.3. The molecule has 6 heteroatoms. The van der Waals surface area contributed by atoms with Crippen LogP contribution in [0.3, 0.4) is 0 Å². The van der Waals surface area contributed by atoms with E-state index in [-0.39, 0.29) is 5.75 Å². The molecule has 1 aromatic heterocycles. The van der Waals surface area contributed by atoms with E-state index in [1.165, 1.54) is 12.1 Å². The van der Waals surface area contributed by atoms with Gasteiger partial charge in [0.15, 0.2) is 6.61 Å². The molecule has 0 aliphatic carbocycles. The Balaban J connectivity index is 1.88. The number of alkyl halides is 3. The number of nitrogens with zero attached hydrogens (tertiary/aromatic N) is 1. The molecule has 1 heterocycles. The molecule has 3 nitrogen and oxygen atoms in total. The number of aryl methyl sites for hydroxylation is 1. The molecular weight excluding hydrogens is 281 g/mol. The van der Waals surface area contributed by atoms with Crippen molar-refractivity contribution in [2.75, 3.05) is 11.9 Å². The van der Waals surface area contributed by atoms with E-state index in [4.69, 9.17) is 0 Å². The summed E-state index contributed by atoms with van der Waals surface area (Å²) in [5.74, 6) is 0.204. The van der Waals surface area contributed by atoms with Crippen LogP contribution in [-0.2, 0) is 13.1 Å². The first-order valence-electron chi connectivity index (χ1n) is 6.65. The normalized spacial score (nSPS) is 11.4. The highest BCUT2D eigenvalue weighted by molar-refractivity contribution is 5.46. The van der Waals surface area contributed by atoms with Gasteiger partial charge in [-0.1, -0.05) is 0 Å². The second-order valence-corrected chi connectivity index (χ2v) is 4.57. The van der Waals surface area contributed by atoms with Gasteiger partial charge >= 0.3 is 6.18 Å². The predicted octanol–water partition coefficient (Wildman–Crippen LogP) is 4.06. The fourth-order valence-electron chi connectivity index (χ4n) is 1.95. The lowest BCUT2D eigenvalue weighted by atomic mass is 10.3. The molecule has 0 amide bonds. The van der Waals surface area contributed by atoms with Gasteiger partial charge in [-0.15, -0.1) is 0 Å². The number of halogens is 3. The second-order valence-electron chi connectivity index (χ2n) is 4.57. The van der Waals surface area contributed by atoms with Crippen LogP contribution in [-0.4, -0.2) is 17.4 Å². The van der Waals surface area contributed by atoms with Crippen molar-refractivity contribution in [3.8, 4) is 5.75 Å². The molecule has 0 spiro atoms. The van der Waals surface area contributed by atoms with Crippen LogP contribution >= 0.6 is 0 Å². The van der Waals surface area contributed by atoms with E-state index in [1.54, 1.807) is 12.1 Å². The van der Waals surface area contributed by atoms with Crippen molar-refractivity contribution in [2.24, 2.45) is 0 Å². The van der Waals surface area contributed by atoms with E-state index in [0.29, 0.717) is 6.54 Å². The first-order chi connectivity index (χ1) is 9.98. The minimum absolute atomic E-state index is 0.204. The van der Waals surface area contributed by atoms with Crippen molar-refractivity contribution in [1.82, 2.24) is 4.57 Å². The van der Waals surface area contributed by atoms with E-state index in [9.17, 15) is 13.2 Å². The lowest BCUT2D eigenvalue weighted by Gasteiger charge is -2.11. The fraction of sp³-hybridized carbons (Fsp3) is 0.333. The molecule has 2 aromatic rings. The number of nitrogens with one attached hydrogen (secondary N) is 1. The Morgan fingerprint density at radius 2 is 1.86 bits per heavy atom. The van der Waals surface area contributed by atoms with Crippen LogP contribution in [0.5, 0.6) is 5.75 Å². The quantitative estimate of drug-likeness (QED) is 0.870. The summed E-state index contributed by atoms with van der Waals surface area (Å²) >= 11 is 0. The van der Waals surface area contributed by atoms with Crippen LogP contribution in [0.1, 0.15) is 12.6 Å². The number of hydrogen-bond acceptors (Lipinski definition) is 2. The third kappa shape index (κ3) is 4.73. The highest BCUT2D eigenvalue weighted by Crippen LogP contribution is 2.20. The Bertz CT molecular complexity index is 561. The molecule has 114 valence electrons. The van der Waals surface area contributed by atoms with Crippen molar-refractivity contribution in [3.63, 3.8) is 0 Å². The molecule has 0 fully saturated rings. The summed E-state index contributed by atoms with van der Waals surface area (Å²) in [5.41, 5.74) is 1.98. The lowest BCUT2D eigenvalue weighted by Crippen LogP contribution is -2.19. The Morgan fingerprint density at radius 3 is 2.48 bits per heavy atom. The number of hydrogen-bond donors (Lipinski definition) is 1. The minimum atomic E-state index is -4.32. The van der Waals surface area contributed by atoms with Gasteiger partial charge in [0.25, 0.3) is 0 Å². The molecule has 2 rings (SSSR count). The lowest BCUT2D eigenvalue weighted by molar-refractivity contribution is -0.153. The van der Waals surface area contributed by atoms with E-state index in [2.05, 4.69) is 21.5 Å². The summed E-state index contributed by atoms with van der Waals surface area (Å²) < 4.78 is 42.9. The van der Waals surface area contributed by atoms with Crippen LogP contribution in [0.4, 0.5) is 18.9 Å². The summed E-state index contributed by atoms with van der Waals surface area (Å²) in [5, 5.41) is 3.22. The molecule has 1 aromatic carbocycles. The maximum atomic E-state index is 12.0. The first kappa shape index (κ1) is 15.3. The van der Waals surface area contributed by atoms with Crippen molar-refractivity contribution in [1.29, 1.82) is 0 Å². The minimum Gasteiger partial charge on any atom is -0.484 e. The van der Waals surface area contributed by atoms with E-state index >= 15 is 0 Å². The average Bonchev–Trinajstić information content (AvgIpc) is 2.90. The number of rotatable bonds is 6. The van der Waals surface area contributed by atoms with Gasteiger partial charge in [0.05, 0.1) is 6.54 Å². The molecule has 21 heavy (non-hydrogen) atoms. The Hall–Kier alpha value is -2.11. The maximum Gasteiger partial charge on any atom is 0.422 e. The Morgan fingerprint density at radius 1 is 1.14 bits per heavy atom. The smallest absolute Gasteiger partial charge is 0.422 e. The van der Waals surface area contributed by atoms with Gasteiger partial charge < -0.3 is 14.6 Å². The van der Waals surface area contributed by atoms with E-state index in [0.717, 1.165) is 17.9 Å². The van der Waals surface area contributed by atoms with E-state index < -0.39 is 12.8 Å². The van der Waals surface area contributed by atoms with Crippen molar-refractivity contribution < 1.29 is 17.9 Å². The molecular formula is C15H17F3N2O. The molecule has 0 atom stereocenters. The highest BCUT2D eigenvalue weighted by atomic mass is 19.4. The topological polar surface area (TPSA) is 26.2 Å². The summed E-state index contributed by atoms with van der Waals surface area (Å²) in [4.78, 5) is 0. The molecule has 0 aliphatic rings. The molecule has 0 aliphatic heterocycles. The molecule has 0 unspecified atom stereocenters. The largest absolute Gasteiger partial charge is 0.484 e. The van der Waals surface area contributed by atoms with Crippen LogP contribution < -0.4 is 10.1 Å². The standard InChI is InChI=1S/C15H17F3N2O/c1-2-20-9-3-4-13(20)10-19-12-5-7-14(8-6-12)21-11-15(16,17)18/h3-9,19H,2,10-11H2,1H3. The number of aromatic nitrogens is 1. The van der Waals surface area contributed by atoms with Crippen molar-refractivity contribution in [2.45, 2.75) is 26.2 Å².